The van der Waals surface area contributed by atoms with Gasteiger partial charge in [0.2, 0.25) is 0 Å². The Hall–Kier alpha value is -4.37. The number of esters is 2. The molecular weight excluding hydrogens is 1030 g/mol. The standard InChI is InChI=1S/C71H116NO8P/c1-3-5-7-9-11-13-15-17-19-21-23-24-25-26-27-28-29-30-31-32-33-34-35-36-37-38-39-40-41-42-43-44-46-48-50-52-54-56-58-60-62-64-71(74)80-69(68-79-81(75,76)78-66-65-72)67-77-70(73)63-61-59-57-55-53-51-49-47-45-22-20-18-16-14-12-10-8-6-4-2/h5-8,11-14,17-20,23-24,26-27,29-30,32-33,35-36,45,47,51,53,69H,3-4,9-10,15-16,21-22,25,28,31,34,37-44,46,48-50,52,54-68,72H2,1-2H3,(H,75,76)/b7-5-,8-6-,13-11-,14-12-,19-17-,20-18-,24-23-,27-26-,30-29-,33-32-,36-35-,47-45-,53-51-. The molecule has 0 aromatic heterocycles. The van der Waals surface area contributed by atoms with Gasteiger partial charge in [-0.1, -0.05) is 268 Å². The molecule has 2 atom stereocenters. The Bertz CT molecular complexity index is 1880. The molecule has 0 spiro atoms. The van der Waals surface area contributed by atoms with Gasteiger partial charge in [0.1, 0.15) is 6.61 Å². The molecule has 0 radical (unpaired) electrons. The molecule has 0 saturated heterocycles. The van der Waals surface area contributed by atoms with Crippen molar-refractivity contribution >= 4 is 19.8 Å². The summed E-state index contributed by atoms with van der Waals surface area (Å²) >= 11 is 0. The number of ether oxygens (including phenoxy) is 2. The molecule has 81 heavy (non-hydrogen) atoms. The first kappa shape index (κ1) is 76.6. The summed E-state index contributed by atoms with van der Waals surface area (Å²) in [6.45, 7) is 3.47. The molecule has 0 aromatic carbocycles. The van der Waals surface area contributed by atoms with Gasteiger partial charge in [0, 0.05) is 19.4 Å². The fourth-order valence-electron chi connectivity index (χ4n) is 8.27. The molecule has 0 aromatic rings. The predicted octanol–water partition coefficient (Wildman–Crippen LogP) is 20.8. The minimum absolute atomic E-state index is 0.0419. The van der Waals surface area contributed by atoms with E-state index in [2.05, 4.69) is 172 Å². The second kappa shape index (κ2) is 64.8. The number of hydrogen-bond acceptors (Lipinski definition) is 8. The minimum atomic E-state index is -4.41. The number of phosphoric acid groups is 1. The van der Waals surface area contributed by atoms with Gasteiger partial charge in [-0.05, 0) is 122 Å². The third-order valence-corrected chi connectivity index (χ3v) is 13.9. The van der Waals surface area contributed by atoms with Crippen LogP contribution in [-0.2, 0) is 32.7 Å². The predicted molar refractivity (Wildman–Crippen MR) is 348 cm³/mol. The number of unbranched alkanes of at least 4 members (excludes halogenated alkanes) is 19. The molecule has 458 valence electrons. The van der Waals surface area contributed by atoms with Gasteiger partial charge >= 0.3 is 19.8 Å². The molecular formula is C71H116NO8P. The van der Waals surface area contributed by atoms with Crippen molar-refractivity contribution in [1.29, 1.82) is 0 Å². The number of carbonyl (C=O) groups excluding carboxylic acids is 2. The zero-order valence-electron chi connectivity index (χ0n) is 51.2. The van der Waals surface area contributed by atoms with Crippen LogP contribution in [0.25, 0.3) is 0 Å². The first-order valence-corrected chi connectivity index (χ1v) is 33.5. The molecule has 9 nitrogen and oxygen atoms in total. The Morgan fingerprint density at radius 3 is 0.963 bits per heavy atom. The number of hydrogen-bond donors (Lipinski definition) is 2. The van der Waals surface area contributed by atoms with Crippen LogP contribution in [0.1, 0.15) is 245 Å². The lowest BCUT2D eigenvalue weighted by atomic mass is 10.0. The fraction of sp³-hybridized carbons (Fsp3) is 0.606. The van der Waals surface area contributed by atoms with E-state index in [1.807, 2.05) is 0 Å². The minimum Gasteiger partial charge on any atom is -0.462 e. The molecule has 2 unspecified atom stereocenters. The van der Waals surface area contributed by atoms with Crippen molar-refractivity contribution < 1.29 is 37.6 Å². The summed E-state index contributed by atoms with van der Waals surface area (Å²) in [5.74, 6) is -0.871. The second-order valence-electron chi connectivity index (χ2n) is 20.5. The summed E-state index contributed by atoms with van der Waals surface area (Å²) in [6, 6.07) is 0. The lowest BCUT2D eigenvalue weighted by molar-refractivity contribution is -0.161. The molecule has 0 aliphatic rings. The quantitative estimate of drug-likeness (QED) is 0.0264. The maximum absolute atomic E-state index is 12.7. The average molecular weight is 1140 g/mol. The molecule has 0 amide bonds. The molecule has 0 bridgehead atoms. The molecule has 10 heteroatoms. The Labute approximate surface area is 496 Å². The van der Waals surface area contributed by atoms with E-state index in [1.165, 1.54) is 83.5 Å². The largest absolute Gasteiger partial charge is 0.472 e. The smallest absolute Gasteiger partial charge is 0.462 e. The Morgan fingerprint density at radius 2 is 0.642 bits per heavy atom. The normalized spacial score (nSPS) is 14.1. The Balaban J connectivity index is 3.93. The van der Waals surface area contributed by atoms with Gasteiger partial charge in [0.05, 0.1) is 13.2 Å². The van der Waals surface area contributed by atoms with E-state index in [0.29, 0.717) is 12.8 Å². The van der Waals surface area contributed by atoms with Crippen molar-refractivity contribution in [3.8, 4) is 0 Å². The van der Waals surface area contributed by atoms with Gasteiger partial charge < -0.3 is 20.1 Å². The van der Waals surface area contributed by atoms with Crippen molar-refractivity contribution in [2.24, 2.45) is 5.73 Å². The van der Waals surface area contributed by atoms with Crippen LogP contribution in [0.5, 0.6) is 0 Å². The summed E-state index contributed by atoms with van der Waals surface area (Å²) in [4.78, 5) is 35.2. The molecule has 0 rings (SSSR count). The number of allylic oxidation sites excluding steroid dienone is 26. The third kappa shape index (κ3) is 64.7. The van der Waals surface area contributed by atoms with Crippen LogP contribution in [0.15, 0.2) is 158 Å². The van der Waals surface area contributed by atoms with Gasteiger partial charge in [-0.2, -0.15) is 0 Å². The maximum Gasteiger partial charge on any atom is 0.472 e. The summed E-state index contributed by atoms with van der Waals surface area (Å²) in [7, 11) is -4.41. The van der Waals surface area contributed by atoms with E-state index in [0.717, 1.165) is 122 Å². The second-order valence-corrected chi connectivity index (χ2v) is 22.0. The Morgan fingerprint density at radius 1 is 0.370 bits per heavy atom. The zero-order chi connectivity index (χ0) is 58.7. The highest BCUT2D eigenvalue weighted by atomic mass is 31.2. The van der Waals surface area contributed by atoms with Crippen LogP contribution in [0.2, 0.25) is 0 Å². The van der Waals surface area contributed by atoms with E-state index in [9.17, 15) is 19.0 Å². The molecule has 0 aliphatic carbocycles. The molecule has 0 heterocycles. The van der Waals surface area contributed by atoms with Crippen LogP contribution in [0.4, 0.5) is 0 Å². The van der Waals surface area contributed by atoms with Crippen LogP contribution < -0.4 is 5.73 Å². The highest BCUT2D eigenvalue weighted by Gasteiger charge is 2.26. The van der Waals surface area contributed by atoms with Gasteiger partial charge in [0.15, 0.2) is 6.10 Å². The Kier molecular flexibility index (Phi) is 61.3. The van der Waals surface area contributed by atoms with E-state index < -0.39 is 32.5 Å². The van der Waals surface area contributed by atoms with Crippen molar-refractivity contribution in [1.82, 2.24) is 0 Å². The number of nitrogens with two attached hydrogens (primary N) is 1. The SMILES string of the molecule is CC/C=C\C/C=C\C/C=C\C/C=C\C/C=C\C/C=C\C/C=C\C/C=C\CCCCCCCCCCCCCCCCCCC(=O)OC(COC(=O)CCCCC/C=C\C/C=C\C/C=C\C/C=C\C/C=C\CC)COP(=O)(O)OCCN. The van der Waals surface area contributed by atoms with Gasteiger partial charge in [-0.25, -0.2) is 4.57 Å². The average Bonchev–Trinajstić information content (AvgIpc) is 3.46. The van der Waals surface area contributed by atoms with E-state index in [4.69, 9.17) is 24.3 Å². The van der Waals surface area contributed by atoms with E-state index in [-0.39, 0.29) is 32.6 Å². The van der Waals surface area contributed by atoms with Gasteiger partial charge in [-0.3, -0.25) is 18.6 Å². The van der Waals surface area contributed by atoms with Crippen LogP contribution in [0, 0.1) is 0 Å². The van der Waals surface area contributed by atoms with Crippen LogP contribution >= 0.6 is 7.82 Å². The lowest BCUT2D eigenvalue weighted by Gasteiger charge is -2.19. The first-order valence-electron chi connectivity index (χ1n) is 32.0. The molecule has 0 aliphatic heterocycles. The van der Waals surface area contributed by atoms with Crippen LogP contribution in [0.3, 0.4) is 0 Å². The van der Waals surface area contributed by atoms with Gasteiger partial charge in [-0.15, -0.1) is 0 Å². The number of phosphoric ester groups is 1. The highest BCUT2D eigenvalue weighted by molar-refractivity contribution is 7.47. The zero-order valence-corrected chi connectivity index (χ0v) is 52.1. The summed E-state index contributed by atoms with van der Waals surface area (Å²) in [5, 5.41) is 0. The summed E-state index contributed by atoms with van der Waals surface area (Å²) < 4.78 is 33.0. The molecule has 0 saturated carbocycles. The lowest BCUT2D eigenvalue weighted by Crippen LogP contribution is -2.29. The van der Waals surface area contributed by atoms with Crippen molar-refractivity contribution in [2.75, 3.05) is 26.4 Å². The van der Waals surface area contributed by atoms with Crippen molar-refractivity contribution in [3.63, 3.8) is 0 Å². The first-order chi connectivity index (χ1) is 39.8. The van der Waals surface area contributed by atoms with Crippen molar-refractivity contribution in [3.05, 3.63) is 158 Å². The summed E-state index contributed by atoms with van der Waals surface area (Å²) in [5.41, 5.74) is 5.38. The highest BCUT2D eigenvalue weighted by Crippen LogP contribution is 2.43. The topological polar surface area (TPSA) is 134 Å². The van der Waals surface area contributed by atoms with E-state index in [1.54, 1.807) is 0 Å². The molecule has 0 fully saturated rings. The monoisotopic (exact) mass is 1140 g/mol. The maximum atomic E-state index is 12.7. The number of rotatable bonds is 58. The summed E-state index contributed by atoms with van der Waals surface area (Å²) in [6.07, 6.45) is 94.7. The van der Waals surface area contributed by atoms with Crippen molar-refractivity contribution in [2.45, 2.75) is 251 Å². The van der Waals surface area contributed by atoms with Gasteiger partial charge in [0.25, 0.3) is 0 Å². The third-order valence-electron chi connectivity index (χ3n) is 12.9. The van der Waals surface area contributed by atoms with E-state index >= 15 is 0 Å². The number of carbonyl (C=O) groups is 2. The fourth-order valence-corrected chi connectivity index (χ4v) is 9.03. The molecule has 3 N–H and O–H groups in total. The van der Waals surface area contributed by atoms with Crippen LogP contribution in [-0.4, -0.2) is 49.3 Å².